The largest absolute Gasteiger partial charge is 0.496 e. The monoisotopic (exact) mass is 398 g/mol. The average molecular weight is 399 g/mol. The van der Waals surface area contributed by atoms with Crippen molar-refractivity contribution in [2.24, 2.45) is 0 Å². The van der Waals surface area contributed by atoms with E-state index in [4.69, 9.17) is 9.47 Å². The Morgan fingerprint density at radius 3 is 2.41 bits per heavy atom. The van der Waals surface area contributed by atoms with Gasteiger partial charge in [-0.2, -0.15) is 0 Å². The number of methoxy groups -OCH3 is 2. The minimum Gasteiger partial charge on any atom is -0.496 e. The molecular formula is C23H30N2O4. The van der Waals surface area contributed by atoms with E-state index in [1.807, 2.05) is 19.1 Å². The van der Waals surface area contributed by atoms with Gasteiger partial charge in [0.2, 0.25) is 0 Å². The molecule has 2 aromatic rings. The molecule has 2 amide bonds. The Labute approximate surface area is 172 Å². The van der Waals surface area contributed by atoms with Crippen molar-refractivity contribution in [2.45, 2.75) is 33.1 Å². The van der Waals surface area contributed by atoms with Crippen LogP contribution in [0.4, 0.5) is 5.69 Å². The highest BCUT2D eigenvalue weighted by Gasteiger charge is 2.18. The number of carbonyl (C=O) groups excluding carboxylic acids is 2. The summed E-state index contributed by atoms with van der Waals surface area (Å²) in [5.41, 5.74) is 3.24. The van der Waals surface area contributed by atoms with Gasteiger partial charge in [0, 0.05) is 25.8 Å². The van der Waals surface area contributed by atoms with Gasteiger partial charge in [-0.15, -0.1) is 0 Å². The summed E-state index contributed by atoms with van der Waals surface area (Å²) in [7, 11) is 3.25. The van der Waals surface area contributed by atoms with Crippen LogP contribution < -0.4 is 15.4 Å². The van der Waals surface area contributed by atoms with Gasteiger partial charge in [0.15, 0.2) is 0 Å². The van der Waals surface area contributed by atoms with E-state index in [-0.39, 0.29) is 17.7 Å². The number of rotatable bonds is 9. The van der Waals surface area contributed by atoms with Crippen molar-refractivity contribution in [3.63, 3.8) is 0 Å². The molecule has 156 valence electrons. The Bertz CT molecular complexity index is 862. The molecule has 0 saturated carbocycles. The summed E-state index contributed by atoms with van der Waals surface area (Å²) in [5, 5.41) is 5.74. The first-order chi connectivity index (χ1) is 13.9. The lowest BCUT2D eigenvalue weighted by molar-refractivity contribution is 0.0949. The topological polar surface area (TPSA) is 76.7 Å². The van der Waals surface area contributed by atoms with Gasteiger partial charge in [0.1, 0.15) is 5.75 Å². The van der Waals surface area contributed by atoms with Gasteiger partial charge < -0.3 is 20.1 Å². The van der Waals surface area contributed by atoms with Crippen LogP contribution in [0.1, 0.15) is 58.0 Å². The van der Waals surface area contributed by atoms with Crippen molar-refractivity contribution >= 4 is 17.5 Å². The highest BCUT2D eigenvalue weighted by atomic mass is 16.5. The number of ether oxygens (including phenoxy) is 2. The molecule has 6 nitrogen and oxygen atoms in total. The van der Waals surface area contributed by atoms with Crippen molar-refractivity contribution in [3.8, 4) is 5.75 Å². The van der Waals surface area contributed by atoms with Crippen molar-refractivity contribution < 1.29 is 19.1 Å². The summed E-state index contributed by atoms with van der Waals surface area (Å²) >= 11 is 0. The Hall–Kier alpha value is -2.86. The van der Waals surface area contributed by atoms with Crippen LogP contribution in [-0.4, -0.2) is 39.2 Å². The molecule has 0 unspecified atom stereocenters. The molecular weight excluding hydrogens is 368 g/mol. The van der Waals surface area contributed by atoms with Crippen LogP contribution in [0.3, 0.4) is 0 Å². The summed E-state index contributed by atoms with van der Waals surface area (Å²) in [6, 6.07) is 10.7. The summed E-state index contributed by atoms with van der Waals surface area (Å²) in [6.07, 6.45) is 0.722. The average Bonchev–Trinajstić information content (AvgIpc) is 2.70. The summed E-state index contributed by atoms with van der Waals surface area (Å²) in [4.78, 5) is 25.5. The fourth-order valence-electron chi connectivity index (χ4n) is 3.06. The standard InChI is InChI=1S/C23H30N2O4/c1-15(2)18-14-19(16(3)13-21(18)29-5)23(27)25-20-10-7-6-9-17(20)22(26)24-11-8-12-28-4/h6-7,9-10,13-15H,8,11-12H2,1-5H3,(H,24,26)(H,25,27). The lowest BCUT2D eigenvalue weighted by Gasteiger charge is -2.17. The summed E-state index contributed by atoms with van der Waals surface area (Å²) < 4.78 is 10.4. The number of hydrogen-bond donors (Lipinski definition) is 2. The predicted molar refractivity (Wildman–Crippen MR) is 115 cm³/mol. The van der Waals surface area contributed by atoms with Gasteiger partial charge in [-0.1, -0.05) is 26.0 Å². The second-order valence-corrected chi connectivity index (χ2v) is 7.17. The molecule has 0 aliphatic rings. The van der Waals surface area contributed by atoms with Crippen molar-refractivity contribution in [1.29, 1.82) is 0 Å². The zero-order chi connectivity index (χ0) is 21.4. The number of aryl methyl sites for hydroxylation is 1. The van der Waals surface area contributed by atoms with E-state index in [1.54, 1.807) is 38.5 Å². The number of benzene rings is 2. The van der Waals surface area contributed by atoms with Crippen LogP contribution in [0, 0.1) is 6.92 Å². The molecule has 0 atom stereocenters. The minimum absolute atomic E-state index is 0.210. The number of hydrogen-bond acceptors (Lipinski definition) is 4. The second-order valence-electron chi connectivity index (χ2n) is 7.17. The number of amides is 2. The van der Waals surface area contributed by atoms with Crippen LogP contribution in [0.2, 0.25) is 0 Å². The van der Waals surface area contributed by atoms with Gasteiger partial charge in [-0.25, -0.2) is 0 Å². The molecule has 0 aromatic heterocycles. The zero-order valence-corrected chi connectivity index (χ0v) is 17.8. The molecule has 0 aliphatic carbocycles. The molecule has 29 heavy (non-hydrogen) atoms. The van der Waals surface area contributed by atoms with E-state index in [2.05, 4.69) is 24.5 Å². The second kappa shape index (κ2) is 10.6. The van der Waals surface area contributed by atoms with Crippen molar-refractivity contribution in [1.82, 2.24) is 5.32 Å². The molecule has 0 fully saturated rings. The first-order valence-corrected chi connectivity index (χ1v) is 9.75. The Morgan fingerprint density at radius 2 is 1.76 bits per heavy atom. The minimum atomic E-state index is -0.258. The highest BCUT2D eigenvalue weighted by molar-refractivity contribution is 6.09. The lowest BCUT2D eigenvalue weighted by atomic mass is 9.96. The molecule has 0 bridgehead atoms. The quantitative estimate of drug-likeness (QED) is 0.622. The van der Waals surface area contributed by atoms with E-state index in [0.29, 0.717) is 30.0 Å². The third-order valence-electron chi connectivity index (χ3n) is 4.67. The smallest absolute Gasteiger partial charge is 0.255 e. The Balaban J connectivity index is 2.23. The van der Waals surface area contributed by atoms with Gasteiger partial charge in [-0.05, 0) is 54.7 Å². The van der Waals surface area contributed by atoms with Crippen LogP contribution in [0.5, 0.6) is 5.75 Å². The third kappa shape index (κ3) is 5.81. The molecule has 2 rings (SSSR count). The molecule has 0 saturated heterocycles. The Morgan fingerprint density at radius 1 is 1.03 bits per heavy atom. The van der Waals surface area contributed by atoms with Crippen molar-refractivity contribution in [3.05, 3.63) is 58.7 Å². The van der Waals surface area contributed by atoms with Crippen molar-refractivity contribution in [2.75, 3.05) is 32.7 Å². The van der Waals surface area contributed by atoms with Crippen LogP contribution in [0.15, 0.2) is 36.4 Å². The van der Waals surface area contributed by atoms with E-state index < -0.39 is 0 Å². The third-order valence-corrected chi connectivity index (χ3v) is 4.67. The molecule has 0 radical (unpaired) electrons. The SMILES string of the molecule is COCCCNC(=O)c1ccccc1NC(=O)c1cc(C(C)C)c(OC)cc1C. The Kier molecular flexibility index (Phi) is 8.21. The van der Waals surface area contributed by atoms with E-state index in [0.717, 1.165) is 23.3 Å². The lowest BCUT2D eigenvalue weighted by Crippen LogP contribution is -2.27. The fourth-order valence-corrected chi connectivity index (χ4v) is 3.06. The van der Waals surface area contributed by atoms with Crippen LogP contribution in [-0.2, 0) is 4.74 Å². The maximum absolute atomic E-state index is 13.0. The molecule has 0 heterocycles. The van der Waals surface area contributed by atoms with Gasteiger partial charge >= 0.3 is 0 Å². The number of anilines is 1. The molecule has 2 aromatic carbocycles. The maximum Gasteiger partial charge on any atom is 0.255 e. The van der Waals surface area contributed by atoms with Gasteiger partial charge in [0.05, 0.1) is 18.4 Å². The molecule has 0 spiro atoms. The van der Waals surface area contributed by atoms with E-state index in [9.17, 15) is 9.59 Å². The first-order valence-electron chi connectivity index (χ1n) is 9.75. The van der Waals surface area contributed by atoms with Crippen LogP contribution in [0.25, 0.3) is 0 Å². The summed E-state index contributed by atoms with van der Waals surface area (Å²) in [5.74, 6) is 0.491. The maximum atomic E-state index is 13.0. The molecule has 6 heteroatoms. The van der Waals surface area contributed by atoms with Crippen LogP contribution >= 0.6 is 0 Å². The van der Waals surface area contributed by atoms with Gasteiger partial charge in [-0.3, -0.25) is 9.59 Å². The number of nitrogens with one attached hydrogen (secondary N) is 2. The normalized spacial score (nSPS) is 10.7. The summed E-state index contributed by atoms with van der Waals surface area (Å²) in [6.45, 7) is 7.06. The van der Waals surface area contributed by atoms with E-state index in [1.165, 1.54) is 0 Å². The number of carbonyl (C=O) groups is 2. The predicted octanol–water partition coefficient (Wildman–Crippen LogP) is 4.15. The zero-order valence-electron chi connectivity index (χ0n) is 17.8. The first kappa shape index (κ1) is 22.4. The van der Waals surface area contributed by atoms with E-state index >= 15 is 0 Å². The molecule has 0 aliphatic heterocycles. The highest BCUT2D eigenvalue weighted by Crippen LogP contribution is 2.30. The number of para-hydroxylation sites is 1. The van der Waals surface area contributed by atoms with Gasteiger partial charge in [0.25, 0.3) is 11.8 Å². The fraction of sp³-hybridized carbons (Fsp3) is 0.391. The molecule has 2 N–H and O–H groups in total.